The molecule has 0 spiro atoms. The predicted molar refractivity (Wildman–Crippen MR) is 157 cm³/mol. The molecule has 1 heterocycles. The van der Waals surface area contributed by atoms with Crippen LogP contribution < -0.4 is 15.0 Å². The summed E-state index contributed by atoms with van der Waals surface area (Å²) in [4.78, 5) is 27.1. The number of halogens is 1. The molecule has 1 aliphatic heterocycles. The van der Waals surface area contributed by atoms with Gasteiger partial charge in [-0.1, -0.05) is 42.5 Å². The van der Waals surface area contributed by atoms with E-state index in [1.165, 1.54) is 47.8 Å². The minimum absolute atomic E-state index is 0.0404. The number of ether oxygens (including phenoxy) is 2. The van der Waals surface area contributed by atoms with E-state index < -0.39 is 46.1 Å². The number of aliphatic hydroxyl groups excluding tert-OH is 1. The third-order valence-electron chi connectivity index (χ3n) is 7.54. The van der Waals surface area contributed by atoms with Crippen molar-refractivity contribution in [2.45, 2.75) is 42.4 Å². The van der Waals surface area contributed by atoms with Gasteiger partial charge in [-0.25, -0.2) is 17.6 Å². The lowest BCUT2D eigenvalue weighted by Gasteiger charge is -2.30. The standard InChI is InChI=1S/C31H34FN3O7S/c1-41-25-11-6-12-26(17-25)43(39,40)34(18-22-13-14-22)19-28(36)27(15-21-7-3-2-4-8-21)33-30(37)29-20-35(31(38)42-29)24-10-5-9-23(32)16-24/h2-12,16-17,22,27-29,36H,13-15,18-20H2,1H3,(H,33,37)/t27-,28+,29-/m0/s1. The van der Waals surface area contributed by atoms with E-state index in [1.807, 2.05) is 30.3 Å². The summed E-state index contributed by atoms with van der Waals surface area (Å²) in [7, 11) is -2.56. The van der Waals surface area contributed by atoms with Crippen LogP contribution in [0, 0.1) is 11.7 Å². The van der Waals surface area contributed by atoms with Crippen LogP contribution >= 0.6 is 0 Å². The molecule has 1 aliphatic carbocycles. The molecule has 5 rings (SSSR count). The van der Waals surface area contributed by atoms with Gasteiger partial charge in [-0.3, -0.25) is 9.69 Å². The van der Waals surface area contributed by atoms with E-state index in [1.54, 1.807) is 12.1 Å². The monoisotopic (exact) mass is 611 g/mol. The number of nitrogens with zero attached hydrogens (tertiary/aromatic N) is 2. The number of cyclic esters (lactones) is 1. The third-order valence-corrected chi connectivity index (χ3v) is 9.37. The fraction of sp³-hybridized carbons (Fsp3) is 0.355. The highest BCUT2D eigenvalue weighted by atomic mass is 32.2. The molecule has 1 saturated heterocycles. The number of benzene rings is 3. The SMILES string of the molecule is COc1cccc(S(=O)(=O)N(CC2CC2)C[C@@H](O)[C@H](Cc2ccccc2)NC(=O)[C@@H]2CN(c3cccc(F)c3)C(=O)O2)c1. The molecule has 2 N–H and O–H groups in total. The Balaban J connectivity index is 1.35. The van der Waals surface area contributed by atoms with Crippen molar-refractivity contribution in [2.24, 2.45) is 5.92 Å². The molecule has 0 aromatic heterocycles. The van der Waals surface area contributed by atoms with Gasteiger partial charge in [0.15, 0.2) is 6.10 Å². The molecule has 0 unspecified atom stereocenters. The molecular formula is C31H34FN3O7S. The van der Waals surface area contributed by atoms with Gasteiger partial charge in [0.05, 0.1) is 36.4 Å². The maximum atomic E-state index is 13.7. The molecule has 2 fully saturated rings. The second kappa shape index (κ2) is 13.1. The van der Waals surface area contributed by atoms with Crippen molar-refractivity contribution in [1.29, 1.82) is 0 Å². The summed E-state index contributed by atoms with van der Waals surface area (Å²) in [5.41, 5.74) is 1.06. The minimum atomic E-state index is -4.01. The van der Waals surface area contributed by atoms with Gasteiger partial charge in [-0.05, 0) is 61.1 Å². The summed E-state index contributed by atoms with van der Waals surface area (Å²) < 4.78 is 53.0. The number of carbonyl (C=O) groups excluding carboxylic acids is 2. The van der Waals surface area contributed by atoms with Crippen LogP contribution in [0.1, 0.15) is 18.4 Å². The normalized spacial score (nSPS) is 18.3. The number of rotatable bonds is 13. The van der Waals surface area contributed by atoms with Gasteiger partial charge >= 0.3 is 6.09 Å². The van der Waals surface area contributed by atoms with E-state index in [2.05, 4.69) is 5.32 Å². The minimum Gasteiger partial charge on any atom is -0.497 e. The van der Waals surface area contributed by atoms with Gasteiger partial charge in [0.25, 0.3) is 5.91 Å². The molecule has 1 saturated carbocycles. The van der Waals surface area contributed by atoms with Crippen molar-refractivity contribution < 1.29 is 37.0 Å². The second-order valence-electron chi connectivity index (χ2n) is 10.8. The summed E-state index contributed by atoms with van der Waals surface area (Å²) in [6, 6.07) is 19.8. The lowest BCUT2D eigenvalue weighted by atomic mass is 10.0. The fourth-order valence-corrected chi connectivity index (χ4v) is 6.56. The highest BCUT2D eigenvalue weighted by Gasteiger charge is 2.40. The summed E-state index contributed by atoms with van der Waals surface area (Å²) in [5.74, 6) is -0.623. The summed E-state index contributed by atoms with van der Waals surface area (Å²) >= 11 is 0. The largest absolute Gasteiger partial charge is 0.497 e. The van der Waals surface area contributed by atoms with Crippen molar-refractivity contribution in [3.63, 3.8) is 0 Å². The van der Waals surface area contributed by atoms with Crippen LogP contribution in [-0.4, -0.2) is 74.8 Å². The number of aliphatic hydroxyl groups is 1. The molecular weight excluding hydrogens is 577 g/mol. The molecule has 3 aromatic rings. The van der Waals surface area contributed by atoms with E-state index in [0.29, 0.717) is 5.75 Å². The van der Waals surface area contributed by atoms with E-state index in [-0.39, 0.29) is 42.6 Å². The molecule has 0 bridgehead atoms. The van der Waals surface area contributed by atoms with Crippen molar-refractivity contribution in [3.8, 4) is 5.75 Å². The number of carbonyl (C=O) groups is 2. The molecule has 43 heavy (non-hydrogen) atoms. The van der Waals surface area contributed by atoms with Gasteiger partial charge in [0.2, 0.25) is 10.0 Å². The number of amides is 2. The number of sulfonamides is 1. The summed E-state index contributed by atoms with van der Waals surface area (Å²) in [6.45, 7) is -0.195. The van der Waals surface area contributed by atoms with Crippen molar-refractivity contribution in [3.05, 3.63) is 90.2 Å². The second-order valence-corrected chi connectivity index (χ2v) is 12.7. The third kappa shape index (κ3) is 7.51. The number of anilines is 1. The van der Waals surface area contributed by atoms with E-state index in [4.69, 9.17) is 9.47 Å². The van der Waals surface area contributed by atoms with Gasteiger partial charge in [-0.15, -0.1) is 0 Å². The Morgan fingerprint density at radius 1 is 1.12 bits per heavy atom. The Hall–Kier alpha value is -4.00. The zero-order valence-electron chi connectivity index (χ0n) is 23.6. The predicted octanol–water partition coefficient (Wildman–Crippen LogP) is 3.35. The highest BCUT2D eigenvalue weighted by Crippen LogP contribution is 2.32. The highest BCUT2D eigenvalue weighted by molar-refractivity contribution is 7.89. The number of hydrogen-bond donors (Lipinski definition) is 2. The van der Waals surface area contributed by atoms with Crippen molar-refractivity contribution in [2.75, 3.05) is 31.6 Å². The first-order chi connectivity index (χ1) is 20.6. The Morgan fingerprint density at radius 2 is 1.86 bits per heavy atom. The maximum absolute atomic E-state index is 13.7. The van der Waals surface area contributed by atoms with Crippen molar-refractivity contribution >= 4 is 27.7 Å². The lowest BCUT2D eigenvalue weighted by molar-refractivity contribution is -0.129. The van der Waals surface area contributed by atoms with Crippen LogP contribution in [0.15, 0.2) is 83.8 Å². The van der Waals surface area contributed by atoms with Crippen LogP contribution in [0.2, 0.25) is 0 Å². The molecule has 228 valence electrons. The van der Waals surface area contributed by atoms with Crippen LogP contribution in [-0.2, 0) is 26.0 Å². The Kier molecular flexibility index (Phi) is 9.28. The number of hydrogen-bond acceptors (Lipinski definition) is 7. The quantitative estimate of drug-likeness (QED) is 0.304. The topological polar surface area (TPSA) is 125 Å². The van der Waals surface area contributed by atoms with Gasteiger partial charge in [0.1, 0.15) is 11.6 Å². The van der Waals surface area contributed by atoms with Gasteiger partial charge in [0, 0.05) is 19.2 Å². The Labute approximate surface area is 250 Å². The van der Waals surface area contributed by atoms with Crippen molar-refractivity contribution in [1.82, 2.24) is 9.62 Å². The average molecular weight is 612 g/mol. The Morgan fingerprint density at radius 3 is 2.56 bits per heavy atom. The number of methoxy groups -OCH3 is 1. The maximum Gasteiger partial charge on any atom is 0.415 e. The van der Waals surface area contributed by atoms with Crippen LogP contribution in [0.25, 0.3) is 0 Å². The van der Waals surface area contributed by atoms with E-state index in [0.717, 1.165) is 23.3 Å². The zero-order valence-corrected chi connectivity index (χ0v) is 24.5. The van der Waals surface area contributed by atoms with E-state index >= 15 is 0 Å². The molecule has 12 heteroatoms. The lowest BCUT2D eigenvalue weighted by Crippen LogP contribution is -2.53. The fourth-order valence-electron chi connectivity index (χ4n) is 4.99. The summed E-state index contributed by atoms with van der Waals surface area (Å²) in [6.07, 6.45) is -1.35. The van der Waals surface area contributed by atoms with Crippen LogP contribution in [0.5, 0.6) is 5.75 Å². The molecule has 3 aromatic carbocycles. The molecule has 2 aliphatic rings. The average Bonchev–Trinajstić information content (AvgIpc) is 3.74. The van der Waals surface area contributed by atoms with Crippen LogP contribution in [0.3, 0.4) is 0 Å². The van der Waals surface area contributed by atoms with Gasteiger partial charge < -0.3 is 19.9 Å². The first-order valence-electron chi connectivity index (χ1n) is 14.0. The molecule has 3 atom stereocenters. The number of nitrogens with one attached hydrogen (secondary N) is 1. The molecule has 2 amide bonds. The summed E-state index contributed by atoms with van der Waals surface area (Å²) in [5, 5.41) is 14.3. The first kappa shape index (κ1) is 30.5. The smallest absolute Gasteiger partial charge is 0.415 e. The molecule has 10 nitrogen and oxygen atoms in total. The van der Waals surface area contributed by atoms with Crippen LogP contribution in [0.4, 0.5) is 14.9 Å². The van der Waals surface area contributed by atoms with Gasteiger partial charge in [-0.2, -0.15) is 4.31 Å². The first-order valence-corrected chi connectivity index (χ1v) is 15.5. The Bertz CT molecular complexity index is 1550. The van der Waals surface area contributed by atoms with E-state index in [9.17, 15) is 27.5 Å². The zero-order chi connectivity index (χ0) is 30.6. The molecule has 0 radical (unpaired) electrons.